The van der Waals surface area contributed by atoms with Crippen molar-refractivity contribution in [1.29, 1.82) is 0 Å². The van der Waals surface area contributed by atoms with E-state index in [0.717, 1.165) is 35.4 Å². The van der Waals surface area contributed by atoms with Crippen molar-refractivity contribution in [3.63, 3.8) is 0 Å². The summed E-state index contributed by atoms with van der Waals surface area (Å²) in [4.78, 5) is 6.68. The Labute approximate surface area is 161 Å². The van der Waals surface area contributed by atoms with E-state index in [1.54, 1.807) is 6.92 Å². The van der Waals surface area contributed by atoms with Crippen LogP contribution >= 0.6 is 23.2 Å². The molecule has 0 aromatic heterocycles. The molecule has 1 aromatic carbocycles. The third kappa shape index (κ3) is 4.66. The van der Waals surface area contributed by atoms with Gasteiger partial charge in [0.1, 0.15) is 6.10 Å². The lowest BCUT2D eigenvalue weighted by Crippen LogP contribution is -2.19. The molecule has 25 heavy (non-hydrogen) atoms. The number of ether oxygens (including phenoxy) is 1. The van der Waals surface area contributed by atoms with E-state index in [9.17, 15) is 0 Å². The van der Waals surface area contributed by atoms with Gasteiger partial charge in [0.15, 0.2) is 0 Å². The highest BCUT2D eigenvalue weighted by molar-refractivity contribution is 6.40. The number of hydrogen-bond acceptors (Lipinski definition) is 2. The summed E-state index contributed by atoms with van der Waals surface area (Å²) in [6.45, 7) is 9.51. The second kappa shape index (κ2) is 8.88. The number of benzene rings is 1. The van der Waals surface area contributed by atoms with Crippen LogP contribution in [0.15, 0.2) is 38.8 Å². The quantitative estimate of drug-likeness (QED) is 0.362. The molecule has 0 amide bonds. The molecule has 0 aliphatic carbocycles. The number of nitrogens with zero attached hydrogens (tertiary/aromatic N) is 2. The SMILES string of the molecule is C/C=C(\C(Cl)=C(/C)Cl)C1OCCc2cc(N=CN(C)CC)c(C)cc21. The average Bonchev–Trinajstić information content (AvgIpc) is 2.60. The maximum Gasteiger partial charge on any atom is 0.109 e. The van der Waals surface area contributed by atoms with Crippen LogP contribution in [0.2, 0.25) is 0 Å². The summed E-state index contributed by atoms with van der Waals surface area (Å²) in [5.74, 6) is 0. The van der Waals surface area contributed by atoms with E-state index in [4.69, 9.17) is 27.9 Å². The van der Waals surface area contributed by atoms with Gasteiger partial charge in [-0.1, -0.05) is 35.3 Å². The molecular formula is C20H26Cl2N2O. The predicted octanol–water partition coefficient (Wildman–Crippen LogP) is 5.88. The Balaban J connectivity index is 2.44. The Hall–Kier alpha value is -1.29. The number of fused-ring (bicyclic) bond motifs is 1. The fourth-order valence-corrected chi connectivity index (χ4v) is 3.15. The van der Waals surface area contributed by atoms with Gasteiger partial charge in [-0.3, -0.25) is 0 Å². The second-order valence-electron chi connectivity index (χ2n) is 6.25. The number of aryl methyl sites for hydroxylation is 1. The molecule has 0 N–H and O–H groups in total. The van der Waals surface area contributed by atoms with E-state index in [1.165, 1.54) is 5.56 Å². The zero-order valence-corrected chi connectivity index (χ0v) is 17.1. The van der Waals surface area contributed by atoms with E-state index in [2.05, 4.69) is 35.9 Å². The lowest BCUT2D eigenvalue weighted by atomic mass is 9.90. The number of allylic oxidation sites excluding steroid dienone is 2. The summed E-state index contributed by atoms with van der Waals surface area (Å²) >= 11 is 12.5. The van der Waals surface area contributed by atoms with Gasteiger partial charge in [0.2, 0.25) is 0 Å². The summed E-state index contributed by atoms with van der Waals surface area (Å²) in [5.41, 5.74) is 5.43. The van der Waals surface area contributed by atoms with E-state index >= 15 is 0 Å². The van der Waals surface area contributed by atoms with Gasteiger partial charge in [-0.15, -0.1) is 0 Å². The molecule has 1 aliphatic heterocycles. The van der Waals surface area contributed by atoms with Crippen LogP contribution in [0.5, 0.6) is 0 Å². The van der Waals surface area contributed by atoms with Crippen LogP contribution in [0.4, 0.5) is 5.69 Å². The van der Waals surface area contributed by atoms with Crippen molar-refractivity contribution in [2.75, 3.05) is 20.2 Å². The smallest absolute Gasteiger partial charge is 0.109 e. The largest absolute Gasteiger partial charge is 0.368 e. The first-order chi connectivity index (χ1) is 11.9. The first-order valence-corrected chi connectivity index (χ1v) is 9.32. The molecule has 0 radical (unpaired) electrons. The molecule has 0 spiro atoms. The Morgan fingerprint density at radius 1 is 1.40 bits per heavy atom. The lowest BCUT2D eigenvalue weighted by molar-refractivity contribution is 0.0689. The fourth-order valence-electron chi connectivity index (χ4n) is 2.83. The Morgan fingerprint density at radius 2 is 2.12 bits per heavy atom. The van der Waals surface area contributed by atoms with E-state index in [0.29, 0.717) is 16.7 Å². The molecule has 0 saturated heterocycles. The zero-order chi connectivity index (χ0) is 18.6. The van der Waals surface area contributed by atoms with E-state index < -0.39 is 0 Å². The summed E-state index contributed by atoms with van der Waals surface area (Å²) in [6.07, 6.45) is 4.53. The summed E-state index contributed by atoms with van der Waals surface area (Å²) in [5, 5.41) is 1.14. The first-order valence-electron chi connectivity index (χ1n) is 8.56. The normalized spacial score (nSPS) is 19.0. The first kappa shape index (κ1) is 20.0. The Kier molecular flexibility index (Phi) is 7.12. The van der Waals surface area contributed by atoms with Gasteiger partial charge in [0, 0.05) is 24.2 Å². The van der Waals surface area contributed by atoms with Gasteiger partial charge in [0.25, 0.3) is 0 Å². The van der Waals surface area contributed by atoms with Crippen molar-refractivity contribution in [1.82, 2.24) is 4.90 Å². The van der Waals surface area contributed by atoms with Gasteiger partial charge in [-0.05, 0) is 56.9 Å². The van der Waals surface area contributed by atoms with Crippen LogP contribution in [-0.4, -0.2) is 31.4 Å². The molecule has 1 heterocycles. The van der Waals surface area contributed by atoms with Gasteiger partial charge < -0.3 is 9.64 Å². The molecule has 1 aromatic rings. The molecule has 136 valence electrons. The van der Waals surface area contributed by atoms with Crippen LogP contribution in [0.1, 0.15) is 43.6 Å². The van der Waals surface area contributed by atoms with E-state index in [-0.39, 0.29) is 6.10 Å². The molecule has 0 bridgehead atoms. The van der Waals surface area contributed by atoms with Crippen molar-refractivity contribution in [2.45, 2.75) is 40.2 Å². The highest BCUT2D eigenvalue weighted by Gasteiger charge is 2.27. The van der Waals surface area contributed by atoms with Crippen LogP contribution < -0.4 is 0 Å². The van der Waals surface area contributed by atoms with Crippen LogP contribution in [0.25, 0.3) is 0 Å². The molecule has 1 aliphatic rings. The molecule has 1 atom stereocenters. The van der Waals surface area contributed by atoms with E-state index in [1.807, 2.05) is 26.4 Å². The number of rotatable bonds is 5. The van der Waals surface area contributed by atoms with Crippen molar-refractivity contribution in [2.24, 2.45) is 4.99 Å². The third-order valence-corrected chi connectivity index (χ3v) is 5.23. The predicted molar refractivity (Wildman–Crippen MR) is 108 cm³/mol. The Morgan fingerprint density at radius 3 is 2.72 bits per heavy atom. The molecule has 3 nitrogen and oxygen atoms in total. The second-order valence-corrected chi connectivity index (χ2v) is 7.19. The molecular weight excluding hydrogens is 355 g/mol. The van der Waals surface area contributed by atoms with Crippen LogP contribution in [0, 0.1) is 6.92 Å². The van der Waals surface area contributed by atoms with Crippen molar-refractivity contribution in [3.8, 4) is 0 Å². The maximum atomic E-state index is 6.42. The minimum atomic E-state index is -0.190. The van der Waals surface area contributed by atoms with Crippen molar-refractivity contribution in [3.05, 3.63) is 50.5 Å². The summed E-state index contributed by atoms with van der Waals surface area (Å²) in [7, 11) is 2.02. The van der Waals surface area contributed by atoms with Gasteiger partial charge in [-0.25, -0.2) is 4.99 Å². The molecule has 0 fully saturated rings. The number of hydrogen-bond donors (Lipinski definition) is 0. The van der Waals surface area contributed by atoms with Crippen molar-refractivity contribution >= 4 is 35.2 Å². The number of halogens is 2. The van der Waals surface area contributed by atoms with Crippen molar-refractivity contribution < 1.29 is 4.74 Å². The molecule has 5 heteroatoms. The highest BCUT2D eigenvalue weighted by Crippen LogP contribution is 2.40. The summed E-state index contributed by atoms with van der Waals surface area (Å²) < 4.78 is 6.05. The molecule has 2 rings (SSSR count). The minimum absolute atomic E-state index is 0.190. The molecule has 1 unspecified atom stereocenters. The fraction of sp³-hybridized carbons (Fsp3) is 0.450. The third-order valence-electron chi connectivity index (χ3n) is 4.44. The summed E-state index contributed by atoms with van der Waals surface area (Å²) in [6, 6.07) is 4.33. The molecule has 0 saturated carbocycles. The van der Waals surface area contributed by atoms with Gasteiger partial charge in [0.05, 0.1) is 23.7 Å². The minimum Gasteiger partial charge on any atom is -0.368 e. The zero-order valence-electron chi connectivity index (χ0n) is 15.6. The Bertz CT molecular complexity index is 719. The topological polar surface area (TPSA) is 24.8 Å². The standard InChI is InChI=1S/C20H26Cl2N2O/c1-6-16(19(22)14(4)21)20-17-10-13(3)18(23-12-24(5)7-2)11-15(17)8-9-25-20/h6,10-12,20H,7-9H2,1-5H3/b16-6+,19-14-,23-12?. The maximum absolute atomic E-state index is 6.42. The monoisotopic (exact) mass is 380 g/mol. The highest BCUT2D eigenvalue weighted by atomic mass is 35.5. The van der Waals surface area contributed by atoms with Crippen LogP contribution in [0.3, 0.4) is 0 Å². The average molecular weight is 381 g/mol. The van der Waals surface area contributed by atoms with Gasteiger partial charge in [-0.2, -0.15) is 0 Å². The van der Waals surface area contributed by atoms with Crippen LogP contribution in [-0.2, 0) is 11.2 Å². The number of aliphatic imine (C=N–C) groups is 1. The lowest BCUT2D eigenvalue weighted by Gasteiger charge is -2.29. The van der Waals surface area contributed by atoms with Gasteiger partial charge >= 0.3 is 0 Å².